The monoisotopic (exact) mass is 395 g/mol. The number of hydrogen-bond acceptors (Lipinski definition) is 5. The Bertz CT molecular complexity index is 978. The molecule has 0 atom stereocenters. The number of rotatable bonds is 7. The minimum absolute atomic E-state index is 0.324. The van der Waals surface area contributed by atoms with Crippen LogP contribution in [0.3, 0.4) is 0 Å². The Kier molecular flexibility index (Phi) is 6.59. The van der Waals surface area contributed by atoms with Crippen molar-refractivity contribution in [2.75, 3.05) is 7.11 Å². The van der Waals surface area contributed by atoms with Crippen LogP contribution in [-0.2, 0) is 6.61 Å². The summed E-state index contributed by atoms with van der Waals surface area (Å²) < 4.78 is 11.2. The van der Waals surface area contributed by atoms with Crippen molar-refractivity contribution in [2.45, 2.75) is 6.61 Å². The molecule has 28 heavy (non-hydrogen) atoms. The first-order valence-electron chi connectivity index (χ1n) is 8.45. The fraction of sp³-hybridized carbons (Fsp3) is 0.0952. The van der Waals surface area contributed by atoms with Gasteiger partial charge >= 0.3 is 0 Å². The number of benzene rings is 2. The highest BCUT2D eigenvalue weighted by atomic mass is 35.5. The number of hydrazone groups is 1. The molecular weight excluding hydrogens is 378 g/mol. The molecule has 0 fully saturated rings. The Morgan fingerprint density at radius 1 is 1.18 bits per heavy atom. The summed E-state index contributed by atoms with van der Waals surface area (Å²) >= 11 is 6.15. The van der Waals surface area contributed by atoms with Gasteiger partial charge in [-0.15, -0.1) is 0 Å². The van der Waals surface area contributed by atoms with Gasteiger partial charge in [-0.2, -0.15) is 5.10 Å². The minimum Gasteiger partial charge on any atom is -0.493 e. The smallest absolute Gasteiger partial charge is 0.272 e. The number of nitrogens with one attached hydrogen (secondary N) is 1. The Balaban J connectivity index is 1.64. The van der Waals surface area contributed by atoms with E-state index in [1.54, 1.807) is 37.6 Å². The van der Waals surface area contributed by atoms with E-state index >= 15 is 0 Å². The van der Waals surface area contributed by atoms with Crippen molar-refractivity contribution in [1.29, 1.82) is 0 Å². The molecule has 3 aromatic rings. The predicted molar refractivity (Wildman–Crippen MR) is 108 cm³/mol. The number of amides is 1. The average molecular weight is 396 g/mol. The van der Waals surface area contributed by atoms with Gasteiger partial charge in [-0.25, -0.2) is 5.43 Å². The third kappa shape index (κ3) is 5.08. The highest BCUT2D eigenvalue weighted by Gasteiger charge is 2.07. The third-order valence-electron chi connectivity index (χ3n) is 3.83. The molecule has 0 unspecified atom stereocenters. The van der Waals surface area contributed by atoms with E-state index < -0.39 is 0 Å². The number of aromatic nitrogens is 1. The average Bonchev–Trinajstić information content (AvgIpc) is 2.74. The lowest BCUT2D eigenvalue weighted by atomic mass is 10.2. The first-order chi connectivity index (χ1) is 13.7. The summed E-state index contributed by atoms with van der Waals surface area (Å²) in [6.45, 7) is 0.324. The van der Waals surface area contributed by atoms with Crippen LogP contribution >= 0.6 is 11.6 Å². The van der Waals surface area contributed by atoms with Crippen LogP contribution in [-0.4, -0.2) is 24.2 Å². The SMILES string of the molecule is COc1cc(/C=N/NC(=O)c2cccnc2)ccc1OCc1ccccc1Cl. The molecule has 0 saturated heterocycles. The first-order valence-corrected chi connectivity index (χ1v) is 8.83. The largest absolute Gasteiger partial charge is 0.493 e. The van der Waals surface area contributed by atoms with Gasteiger partial charge in [-0.3, -0.25) is 9.78 Å². The van der Waals surface area contributed by atoms with Crippen LogP contribution in [0, 0.1) is 0 Å². The van der Waals surface area contributed by atoms with Gasteiger partial charge in [0.15, 0.2) is 11.5 Å². The number of carbonyl (C=O) groups excluding carboxylic acids is 1. The van der Waals surface area contributed by atoms with Crippen LogP contribution in [0.15, 0.2) is 72.1 Å². The van der Waals surface area contributed by atoms with E-state index in [-0.39, 0.29) is 5.91 Å². The second kappa shape index (κ2) is 9.53. The Morgan fingerprint density at radius 2 is 2.04 bits per heavy atom. The van der Waals surface area contributed by atoms with Crippen LogP contribution in [0.25, 0.3) is 0 Å². The van der Waals surface area contributed by atoms with Crippen LogP contribution in [0.4, 0.5) is 0 Å². The summed E-state index contributed by atoms with van der Waals surface area (Å²) in [7, 11) is 1.56. The van der Waals surface area contributed by atoms with Gasteiger partial charge in [0.1, 0.15) is 6.61 Å². The molecule has 0 saturated carbocycles. The van der Waals surface area contributed by atoms with Gasteiger partial charge in [0.25, 0.3) is 5.91 Å². The molecule has 1 heterocycles. The van der Waals surface area contributed by atoms with Gasteiger partial charge in [-0.1, -0.05) is 29.8 Å². The lowest BCUT2D eigenvalue weighted by Crippen LogP contribution is -2.17. The number of hydrogen-bond donors (Lipinski definition) is 1. The second-order valence-electron chi connectivity index (χ2n) is 5.73. The summed E-state index contributed by atoms with van der Waals surface area (Å²) in [5, 5.41) is 4.61. The minimum atomic E-state index is -0.337. The maximum absolute atomic E-state index is 11.9. The summed E-state index contributed by atoms with van der Waals surface area (Å²) in [5.74, 6) is 0.796. The van der Waals surface area contributed by atoms with Crippen molar-refractivity contribution >= 4 is 23.7 Å². The van der Waals surface area contributed by atoms with Gasteiger partial charge in [0.2, 0.25) is 0 Å². The van der Waals surface area contributed by atoms with Crippen molar-refractivity contribution in [3.63, 3.8) is 0 Å². The fourth-order valence-electron chi connectivity index (χ4n) is 2.38. The quantitative estimate of drug-likeness (QED) is 0.483. The Hall–Kier alpha value is -3.38. The lowest BCUT2D eigenvalue weighted by Gasteiger charge is -2.12. The maximum Gasteiger partial charge on any atom is 0.272 e. The van der Waals surface area contributed by atoms with Gasteiger partial charge in [-0.05, 0) is 42.0 Å². The maximum atomic E-state index is 11.9. The summed E-state index contributed by atoms with van der Waals surface area (Å²) in [4.78, 5) is 15.8. The molecule has 2 aromatic carbocycles. The van der Waals surface area contributed by atoms with Crippen molar-refractivity contribution < 1.29 is 14.3 Å². The third-order valence-corrected chi connectivity index (χ3v) is 4.20. The van der Waals surface area contributed by atoms with Gasteiger partial charge < -0.3 is 9.47 Å². The van der Waals surface area contributed by atoms with Crippen molar-refractivity contribution in [3.05, 3.63) is 88.7 Å². The van der Waals surface area contributed by atoms with Crippen LogP contribution in [0.2, 0.25) is 5.02 Å². The van der Waals surface area contributed by atoms with Crippen LogP contribution in [0.1, 0.15) is 21.5 Å². The summed E-state index contributed by atoms with van der Waals surface area (Å²) in [5.41, 5.74) is 4.52. The Morgan fingerprint density at radius 3 is 2.79 bits per heavy atom. The molecule has 3 rings (SSSR count). The zero-order chi connectivity index (χ0) is 19.8. The van der Waals surface area contributed by atoms with E-state index in [9.17, 15) is 4.79 Å². The molecule has 6 nitrogen and oxygen atoms in total. The molecule has 1 N–H and O–H groups in total. The fourth-order valence-corrected chi connectivity index (χ4v) is 2.57. The number of nitrogens with zero attached hydrogens (tertiary/aromatic N) is 2. The van der Waals surface area contributed by atoms with Crippen LogP contribution in [0.5, 0.6) is 11.5 Å². The highest BCUT2D eigenvalue weighted by Crippen LogP contribution is 2.29. The summed E-state index contributed by atoms with van der Waals surface area (Å²) in [6.07, 6.45) is 4.59. The molecule has 0 aliphatic heterocycles. The van der Waals surface area contributed by atoms with Gasteiger partial charge in [0, 0.05) is 23.0 Å². The topological polar surface area (TPSA) is 72.8 Å². The number of methoxy groups -OCH3 is 1. The molecule has 0 spiro atoms. The number of halogens is 1. The zero-order valence-corrected chi connectivity index (χ0v) is 15.9. The molecule has 1 aromatic heterocycles. The molecule has 7 heteroatoms. The number of carbonyl (C=O) groups is 1. The van der Waals surface area contributed by atoms with E-state index in [0.29, 0.717) is 28.7 Å². The van der Waals surface area contributed by atoms with Crippen molar-refractivity contribution in [1.82, 2.24) is 10.4 Å². The van der Waals surface area contributed by atoms with Crippen molar-refractivity contribution in [3.8, 4) is 11.5 Å². The van der Waals surface area contributed by atoms with Gasteiger partial charge in [0.05, 0.1) is 18.9 Å². The molecule has 0 aliphatic carbocycles. The molecular formula is C21H18ClN3O3. The Labute approximate surface area is 167 Å². The molecule has 142 valence electrons. The van der Waals surface area contributed by atoms with E-state index in [2.05, 4.69) is 15.5 Å². The lowest BCUT2D eigenvalue weighted by molar-refractivity contribution is 0.0955. The van der Waals surface area contributed by atoms with Crippen LogP contribution < -0.4 is 14.9 Å². The molecule has 1 amide bonds. The van der Waals surface area contributed by atoms with E-state index in [4.69, 9.17) is 21.1 Å². The molecule has 0 radical (unpaired) electrons. The normalized spacial score (nSPS) is 10.6. The molecule has 0 aliphatic rings. The van der Waals surface area contributed by atoms with E-state index in [1.807, 2.05) is 30.3 Å². The highest BCUT2D eigenvalue weighted by molar-refractivity contribution is 6.31. The standard InChI is InChI=1S/C21H18ClN3O3/c1-27-20-11-15(12-24-25-21(26)16-6-4-10-23-13-16)8-9-19(20)28-14-17-5-2-3-7-18(17)22/h2-13H,14H2,1H3,(H,25,26)/b24-12+. The first kappa shape index (κ1) is 19.4. The number of pyridine rings is 1. The summed E-state index contributed by atoms with van der Waals surface area (Å²) in [6, 6.07) is 16.2. The van der Waals surface area contributed by atoms with Crippen molar-refractivity contribution in [2.24, 2.45) is 5.10 Å². The van der Waals surface area contributed by atoms with E-state index in [1.165, 1.54) is 12.4 Å². The zero-order valence-electron chi connectivity index (χ0n) is 15.1. The number of ether oxygens (including phenoxy) is 2. The van der Waals surface area contributed by atoms with E-state index in [0.717, 1.165) is 11.1 Å². The second-order valence-corrected chi connectivity index (χ2v) is 6.14. The molecule has 0 bridgehead atoms. The predicted octanol–water partition coefficient (Wildman–Crippen LogP) is 4.09.